The largest absolute Gasteiger partial charge is 0.453 e. The van der Waals surface area contributed by atoms with E-state index in [0.29, 0.717) is 5.75 Å². The molecule has 104 valence electrons. The number of ether oxygens (including phenoxy) is 1. The van der Waals surface area contributed by atoms with E-state index in [0.717, 1.165) is 10.0 Å². The average molecular weight is 402 g/mol. The molecule has 0 aliphatic heterocycles. The quantitative estimate of drug-likeness (QED) is 0.576. The maximum Gasteiger partial charge on any atom is 0.180 e. The van der Waals surface area contributed by atoms with Crippen molar-refractivity contribution in [3.05, 3.63) is 56.2 Å². The van der Waals surface area contributed by atoms with E-state index in [1.54, 1.807) is 6.07 Å². The van der Waals surface area contributed by atoms with Gasteiger partial charge in [-0.1, -0.05) is 6.07 Å². The highest BCUT2D eigenvalue weighted by Crippen LogP contribution is 2.35. The number of aryl methyl sites for hydroxylation is 1. The van der Waals surface area contributed by atoms with Gasteiger partial charge in [-0.2, -0.15) is 0 Å². The van der Waals surface area contributed by atoms with E-state index in [4.69, 9.17) is 15.9 Å². The van der Waals surface area contributed by atoms with Crippen LogP contribution in [0.25, 0.3) is 0 Å². The Hall–Kier alpha value is -1.40. The molecule has 0 atom stereocenters. The van der Waals surface area contributed by atoms with Gasteiger partial charge >= 0.3 is 0 Å². The van der Waals surface area contributed by atoms with Crippen molar-refractivity contribution in [3.8, 4) is 11.5 Å². The molecule has 3 nitrogen and oxygen atoms in total. The molecule has 0 fully saturated rings. The molecule has 2 rings (SSSR count). The molecule has 2 aromatic rings. The molecule has 0 saturated carbocycles. The highest BCUT2D eigenvalue weighted by atomic mass is 79.9. The fraction of sp³-hybridized carbons (Fsp3) is 0.0714. The number of rotatable bonds is 3. The molecule has 6 heteroatoms. The second-order valence-corrected chi connectivity index (χ2v) is 5.84. The molecule has 3 N–H and O–H groups in total. The normalized spacial score (nSPS) is 10.4. The van der Waals surface area contributed by atoms with Gasteiger partial charge in [0.15, 0.2) is 11.6 Å². The van der Waals surface area contributed by atoms with Crippen LogP contribution in [0.5, 0.6) is 11.5 Å². The third-order valence-electron chi connectivity index (χ3n) is 2.64. The van der Waals surface area contributed by atoms with Crippen LogP contribution in [-0.4, -0.2) is 5.84 Å². The molecule has 2 aromatic carbocycles. The summed E-state index contributed by atoms with van der Waals surface area (Å²) < 4.78 is 20.6. The lowest BCUT2D eigenvalue weighted by Crippen LogP contribution is -2.12. The number of halogens is 3. The second kappa shape index (κ2) is 5.93. The lowest BCUT2D eigenvalue weighted by Gasteiger charge is -2.11. The first-order valence-electron chi connectivity index (χ1n) is 5.66. The van der Waals surface area contributed by atoms with Crippen molar-refractivity contribution in [1.82, 2.24) is 0 Å². The van der Waals surface area contributed by atoms with Gasteiger partial charge in [0.05, 0.1) is 8.95 Å². The van der Waals surface area contributed by atoms with Crippen LogP contribution < -0.4 is 10.5 Å². The van der Waals surface area contributed by atoms with Gasteiger partial charge in [0.1, 0.15) is 11.6 Å². The van der Waals surface area contributed by atoms with Crippen molar-refractivity contribution >= 4 is 37.7 Å². The van der Waals surface area contributed by atoms with Gasteiger partial charge in [0.2, 0.25) is 0 Å². The van der Waals surface area contributed by atoms with Crippen LogP contribution >= 0.6 is 31.9 Å². The van der Waals surface area contributed by atoms with E-state index in [9.17, 15) is 4.39 Å². The highest BCUT2D eigenvalue weighted by Gasteiger charge is 2.15. The van der Waals surface area contributed by atoms with Crippen molar-refractivity contribution in [2.45, 2.75) is 6.92 Å². The van der Waals surface area contributed by atoms with E-state index < -0.39 is 5.82 Å². The number of nitrogen functional groups attached to an aromatic ring is 1. The van der Waals surface area contributed by atoms with Gasteiger partial charge in [0, 0.05) is 5.56 Å². The van der Waals surface area contributed by atoms with Crippen molar-refractivity contribution in [1.29, 1.82) is 5.41 Å². The maximum atomic E-state index is 14.2. The summed E-state index contributed by atoms with van der Waals surface area (Å²) in [4.78, 5) is 0. The molecule has 0 aliphatic carbocycles. The molecule has 0 saturated heterocycles. The lowest BCUT2D eigenvalue weighted by molar-refractivity contribution is 0.438. The zero-order valence-corrected chi connectivity index (χ0v) is 13.7. The second-order valence-electron chi connectivity index (χ2n) is 4.19. The molecule has 0 heterocycles. The number of nitrogens with one attached hydrogen (secondary N) is 1. The van der Waals surface area contributed by atoms with Crippen LogP contribution in [0.4, 0.5) is 4.39 Å². The predicted octanol–water partition coefficient (Wildman–Crippen LogP) is 4.74. The molecule has 20 heavy (non-hydrogen) atoms. The Bertz CT molecular complexity index is 689. The topological polar surface area (TPSA) is 59.1 Å². The van der Waals surface area contributed by atoms with Gasteiger partial charge < -0.3 is 10.5 Å². The Balaban J connectivity index is 2.39. The lowest BCUT2D eigenvalue weighted by atomic mass is 10.2. The summed E-state index contributed by atoms with van der Waals surface area (Å²) in [5, 5.41) is 7.36. The van der Waals surface area contributed by atoms with Crippen LogP contribution in [0.2, 0.25) is 0 Å². The number of nitrogens with two attached hydrogens (primary N) is 1. The molecule has 0 aromatic heterocycles. The van der Waals surface area contributed by atoms with Crippen LogP contribution in [-0.2, 0) is 0 Å². The van der Waals surface area contributed by atoms with Crippen molar-refractivity contribution < 1.29 is 9.13 Å². The summed E-state index contributed by atoms with van der Waals surface area (Å²) in [6.45, 7) is 1.95. The van der Waals surface area contributed by atoms with Gasteiger partial charge in [-0.3, -0.25) is 5.41 Å². The number of hydrogen-bond acceptors (Lipinski definition) is 2. The predicted molar refractivity (Wildman–Crippen MR) is 84.1 cm³/mol. The maximum absolute atomic E-state index is 14.2. The van der Waals surface area contributed by atoms with E-state index in [-0.39, 0.29) is 21.6 Å². The van der Waals surface area contributed by atoms with Crippen molar-refractivity contribution in [2.75, 3.05) is 0 Å². The first-order valence-corrected chi connectivity index (χ1v) is 7.25. The smallest absolute Gasteiger partial charge is 0.180 e. The molecular formula is C14H11Br2FN2O. The standard InChI is InChI=1S/C14H11Br2FN2O/c1-7-2-4-10(9(15)6-7)20-11-5-3-8(14(18)19)12(16)13(11)17/h2-6H,1H3,(H3,18,19). The summed E-state index contributed by atoms with van der Waals surface area (Å²) in [6.07, 6.45) is 0. The van der Waals surface area contributed by atoms with E-state index in [2.05, 4.69) is 31.9 Å². The third-order valence-corrected chi connectivity index (χ3v) is 4.04. The summed E-state index contributed by atoms with van der Waals surface area (Å²) in [5.74, 6) is -0.229. The zero-order chi connectivity index (χ0) is 14.9. The fourth-order valence-electron chi connectivity index (χ4n) is 1.63. The van der Waals surface area contributed by atoms with E-state index >= 15 is 0 Å². The molecular weight excluding hydrogens is 391 g/mol. The Morgan fingerprint density at radius 1 is 1.20 bits per heavy atom. The van der Waals surface area contributed by atoms with Crippen LogP contribution in [0.3, 0.4) is 0 Å². The Morgan fingerprint density at radius 2 is 1.85 bits per heavy atom. The van der Waals surface area contributed by atoms with Crippen LogP contribution in [0, 0.1) is 18.2 Å². The van der Waals surface area contributed by atoms with Crippen LogP contribution in [0.15, 0.2) is 39.3 Å². The van der Waals surface area contributed by atoms with E-state index in [1.807, 2.05) is 19.1 Å². The molecule has 0 spiro atoms. The highest BCUT2D eigenvalue weighted by molar-refractivity contribution is 9.10. The number of hydrogen-bond donors (Lipinski definition) is 2. The van der Waals surface area contributed by atoms with E-state index in [1.165, 1.54) is 12.1 Å². The zero-order valence-electron chi connectivity index (χ0n) is 10.5. The fourth-order valence-corrected chi connectivity index (χ4v) is 2.74. The Labute approximate surface area is 132 Å². The van der Waals surface area contributed by atoms with Crippen molar-refractivity contribution in [3.63, 3.8) is 0 Å². The minimum atomic E-state index is -0.592. The monoisotopic (exact) mass is 400 g/mol. The SMILES string of the molecule is Cc1ccc(Oc2ccc(C(=N)N)c(Br)c2F)c(Br)c1. The molecule has 0 unspecified atom stereocenters. The molecule has 0 amide bonds. The Kier molecular flexibility index (Phi) is 4.45. The van der Waals surface area contributed by atoms with Gasteiger partial charge in [0.25, 0.3) is 0 Å². The first kappa shape index (κ1) is 15.0. The third kappa shape index (κ3) is 3.02. The average Bonchev–Trinajstić information content (AvgIpc) is 2.37. The molecule has 0 aliphatic rings. The number of benzene rings is 2. The van der Waals surface area contributed by atoms with Gasteiger partial charge in [-0.25, -0.2) is 4.39 Å². The van der Waals surface area contributed by atoms with Gasteiger partial charge in [-0.15, -0.1) is 0 Å². The summed E-state index contributed by atoms with van der Waals surface area (Å²) >= 11 is 6.46. The van der Waals surface area contributed by atoms with Gasteiger partial charge in [-0.05, 0) is 68.6 Å². The van der Waals surface area contributed by atoms with Crippen molar-refractivity contribution in [2.24, 2.45) is 5.73 Å². The number of amidine groups is 1. The summed E-state index contributed by atoms with van der Waals surface area (Å²) in [5.41, 5.74) is 6.72. The first-order chi connectivity index (χ1) is 9.40. The van der Waals surface area contributed by atoms with Crippen LogP contribution in [0.1, 0.15) is 11.1 Å². The molecule has 0 bridgehead atoms. The minimum absolute atomic E-state index is 0.0615. The Morgan fingerprint density at radius 3 is 2.45 bits per heavy atom. The summed E-state index contributed by atoms with van der Waals surface area (Å²) in [6, 6.07) is 8.49. The molecule has 0 radical (unpaired) electrons. The minimum Gasteiger partial charge on any atom is -0.453 e. The summed E-state index contributed by atoms with van der Waals surface area (Å²) in [7, 11) is 0.